The van der Waals surface area contributed by atoms with Gasteiger partial charge in [-0.15, -0.1) is 0 Å². The van der Waals surface area contributed by atoms with E-state index >= 15 is 0 Å². The molecule has 3 rings (SSSR count). The van der Waals surface area contributed by atoms with Crippen LogP contribution in [0.25, 0.3) is 0 Å². The minimum Gasteiger partial charge on any atom is -0.392 e. The standard InChI is InChI=1S/C14H22N2O/c17-12(9-13-15-7-8-16-13)14(10-3-1-4-10)11-5-2-6-11/h7-8,10-12,14,17H,1-6,9H2,(H,15,16). The fourth-order valence-electron chi connectivity index (χ4n) is 3.41. The number of hydrogen-bond acceptors (Lipinski definition) is 2. The molecule has 2 aliphatic rings. The lowest BCUT2D eigenvalue weighted by molar-refractivity contribution is -0.0178. The van der Waals surface area contributed by atoms with E-state index in [4.69, 9.17) is 0 Å². The van der Waals surface area contributed by atoms with Crippen LogP contribution in [-0.4, -0.2) is 21.2 Å². The van der Waals surface area contributed by atoms with Crippen LogP contribution in [0.3, 0.4) is 0 Å². The number of aromatic nitrogens is 2. The van der Waals surface area contributed by atoms with Gasteiger partial charge in [0.05, 0.1) is 6.10 Å². The van der Waals surface area contributed by atoms with Gasteiger partial charge in [-0.3, -0.25) is 0 Å². The third kappa shape index (κ3) is 2.25. The van der Waals surface area contributed by atoms with Gasteiger partial charge in [-0.25, -0.2) is 4.98 Å². The van der Waals surface area contributed by atoms with Crippen molar-refractivity contribution < 1.29 is 5.11 Å². The number of nitrogens with one attached hydrogen (secondary N) is 1. The number of H-pyrrole nitrogens is 1. The van der Waals surface area contributed by atoms with Gasteiger partial charge in [-0.1, -0.05) is 38.5 Å². The molecule has 0 bridgehead atoms. The number of nitrogens with zero attached hydrogens (tertiary/aromatic N) is 1. The maximum Gasteiger partial charge on any atom is 0.108 e. The number of hydrogen-bond donors (Lipinski definition) is 2. The first kappa shape index (κ1) is 11.3. The van der Waals surface area contributed by atoms with E-state index in [9.17, 15) is 5.11 Å². The highest BCUT2D eigenvalue weighted by atomic mass is 16.3. The summed E-state index contributed by atoms with van der Waals surface area (Å²) in [5.74, 6) is 3.03. The zero-order valence-electron chi connectivity index (χ0n) is 10.3. The van der Waals surface area contributed by atoms with Crippen molar-refractivity contribution in [1.82, 2.24) is 9.97 Å². The number of aliphatic hydroxyl groups is 1. The molecular formula is C14H22N2O. The Hall–Kier alpha value is -0.830. The molecule has 1 aromatic heterocycles. The van der Waals surface area contributed by atoms with Crippen LogP contribution in [0.2, 0.25) is 0 Å². The topological polar surface area (TPSA) is 48.9 Å². The highest BCUT2D eigenvalue weighted by Gasteiger charge is 2.40. The maximum absolute atomic E-state index is 10.5. The molecule has 1 atom stereocenters. The van der Waals surface area contributed by atoms with Crippen molar-refractivity contribution >= 4 is 0 Å². The molecule has 2 N–H and O–H groups in total. The fraction of sp³-hybridized carbons (Fsp3) is 0.786. The molecule has 0 spiro atoms. The second-order valence-corrected chi connectivity index (χ2v) is 5.77. The molecule has 2 saturated carbocycles. The van der Waals surface area contributed by atoms with Crippen molar-refractivity contribution in [3.63, 3.8) is 0 Å². The zero-order chi connectivity index (χ0) is 11.7. The first-order valence-electron chi connectivity index (χ1n) is 7.01. The van der Waals surface area contributed by atoms with E-state index in [1.165, 1.54) is 38.5 Å². The third-order valence-corrected chi connectivity index (χ3v) is 4.79. The molecule has 0 radical (unpaired) electrons. The number of imidazole rings is 1. The summed E-state index contributed by atoms with van der Waals surface area (Å²) in [7, 11) is 0. The van der Waals surface area contributed by atoms with Crippen molar-refractivity contribution in [3.8, 4) is 0 Å². The maximum atomic E-state index is 10.5. The van der Waals surface area contributed by atoms with E-state index in [1.807, 2.05) is 6.20 Å². The first-order chi connectivity index (χ1) is 8.34. The van der Waals surface area contributed by atoms with Crippen molar-refractivity contribution in [2.24, 2.45) is 17.8 Å². The third-order valence-electron chi connectivity index (χ3n) is 4.79. The van der Waals surface area contributed by atoms with Crippen LogP contribution in [0.1, 0.15) is 44.3 Å². The molecule has 1 aromatic rings. The Labute approximate surface area is 103 Å². The van der Waals surface area contributed by atoms with E-state index in [0.29, 0.717) is 12.3 Å². The molecule has 3 nitrogen and oxygen atoms in total. The molecule has 0 saturated heterocycles. The molecule has 0 amide bonds. The molecule has 2 fully saturated rings. The zero-order valence-corrected chi connectivity index (χ0v) is 10.3. The Morgan fingerprint density at radius 1 is 1.24 bits per heavy atom. The van der Waals surface area contributed by atoms with Gasteiger partial charge >= 0.3 is 0 Å². The van der Waals surface area contributed by atoms with Crippen molar-refractivity contribution in [2.45, 2.75) is 51.0 Å². The summed E-state index contributed by atoms with van der Waals surface area (Å²) < 4.78 is 0. The van der Waals surface area contributed by atoms with Crippen LogP contribution in [0.4, 0.5) is 0 Å². The summed E-state index contributed by atoms with van der Waals surface area (Å²) in [6.45, 7) is 0. The molecule has 2 aliphatic carbocycles. The second-order valence-electron chi connectivity index (χ2n) is 5.77. The van der Waals surface area contributed by atoms with E-state index < -0.39 is 0 Å². The SMILES string of the molecule is OC(Cc1ncc[nH]1)C(C1CCC1)C1CCC1. The smallest absolute Gasteiger partial charge is 0.108 e. The molecule has 94 valence electrons. The minimum absolute atomic E-state index is 0.197. The Kier molecular flexibility index (Phi) is 3.19. The van der Waals surface area contributed by atoms with Crippen LogP contribution in [-0.2, 0) is 6.42 Å². The van der Waals surface area contributed by atoms with Gasteiger partial charge in [-0.05, 0) is 17.8 Å². The van der Waals surface area contributed by atoms with Gasteiger partial charge in [0.15, 0.2) is 0 Å². The average Bonchev–Trinajstić information content (AvgIpc) is 2.63. The Balaban J connectivity index is 1.64. The molecule has 1 heterocycles. The molecule has 0 aliphatic heterocycles. The van der Waals surface area contributed by atoms with Crippen molar-refractivity contribution in [3.05, 3.63) is 18.2 Å². The molecule has 3 heteroatoms. The van der Waals surface area contributed by atoms with E-state index in [-0.39, 0.29) is 6.10 Å². The van der Waals surface area contributed by atoms with E-state index in [1.54, 1.807) is 6.20 Å². The Morgan fingerprint density at radius 2 is 1.88 bits per heavy atom. The fourth-order valence-corrected chi connectivity index (χ4v) is 3.41. The van der Waals surface area contributed by atoms with Gasteiger partial charge in [0, 0.05) is 18.8 Å². The summed E-state index contributed by atoms with van der Waals surface area (Å²) in [5.41, 5.74) is 0. The van der Waals surface area contributed by atoms with Gasteiger partial charge in [0.1, 0.15) is 5.82 Å². The van der Waals surface area contributed by atoms with Crippen LogP contribution < -0.4 is 0 Å². The second kappa shape index (κ2) is 4.81. The lowest BCUT2D eigenvalue weighted by Crippen LogP contribution is -2.41. The van der Waals surface area contributed by atoms with Gasteiger partial charge in [0.25, 0.3) is 0 Å². The summed E-state index contributed by atoms with van der Waals surface area (Å²) in [6.07, 6.45) is 12.2. The normalized spacial score (nSPS) is 23.4. The molecule has 17 heavy (non-hydrogen) atoms. The largest absolute Gasteiger partial charge is 0.392 e. The summed E-state index contributed by atoms with van der Waals surface area (Å²) in [5, 5.41) is 10.5. The van der Waals surface area contributed by atoms with E-state index in [2.05, 4.69) is 9.97 Å². The van der Waals surface area contributed by atoms with Crippen molar-refractivity contribution in [1.29, 1.82) is 0 Å². The summed E-state index contributed by atoms with van der Waals surface area (Å²) in [6, 6.07) is 0. The molecular weight excluding hydrogens is 212 g/mol. The van der Waals surface area contributed by atoms with Gasteiger partial charge < -0.3 is 10.1 Å². The van der Waals surface area contributed by atoms with Gasteiger partial charge in [0.2, 0.25) is 0 Å². The summed E-state index contributed by atoms with van der Waals surface area (Å²) in [4.78, 5) is 7.33. The number of aliphatic hydroxyl groups excluding tert-OH is 1. The predicted octanol–water partition coefficient (Wildman–Crippen LogP) is 2.53. The lowest BCUT2D eigenvalue weighted by atomic mass is 9.62. The van der Waals surface area contributed by atoms with E-state index in [0.717, 1.165) is 17.7 Å². The quantitative estimate of drug-likeness (QED) is 0.822. The highest BCUT2D eigenvalue weighted by molar-refractivity contribution is 4.96. The molecule has 1 unspecified atom stereocenters. The summed E-state index contributed by atoms with van der Waals surface area (Å²) >= 11 is 0. The highest BCUT2D eigenvalue weighted by Crippen LogP contribution is 2.46. The monoisotopic (exact) mass is 234 g/mol. The number of aromatic amines is 1. The van der Waals surface area contributed by atoms with Crippen LogP contribution in [0.5, 0.6) is 0 Å². The van der Waals surface area contributed by atoms with Gasteiger partial charge in [-0.2, -0.15) is 0 Å². The first-order valence-corrected chi connectivity index (χ1v) is 7.01. The Bertz CT molecular complexity index is 327. The predicted molar refractivity (Wildman–Crippen MR) is 66.5 cm³/mol. The lowest BCUT2D eigenvalue weighted by Gasteiger charge is -2.44. The van der Waals surface area contributed by atoms with Crippen LogP contribution >= 0.6 is 0 Å². The number of rotatable bonds is 5. The van der Waals surface area contributed by atoms with Crippen LogP contribution in [0.15, 0.2) is 12.4 Å². The van der Waals surface area contributed by atoms with Crippen LogP contribution in [0, 0.1) is 17.8 Å². The van der Waals surface area contributed by atoms with Crippen molar-refractivity contribution in [2.75, 3.05) is 0 Å². The average molecular weight is 234 g/mol. The Morgan fingerprint density at radius 3 is 2.29 bits per heavy atom. The molecule has 0 aromatic carbocycles. The minimum atomic E-state index is -0.197.